The van der Waals surface area contributed by atoms with Crippen LogP contribution in [0.25, 0.3) is 0 Å². The highest BCUT2D eigenvalue weighted by atomic mass is 16.5. The number of likely N-dealkylation sites (tertiary alicyclic amines) is 2. The molecule has 0 spiro atoms. The summed E-state index contributed by atoms with van der Waals surface area (Å²) in [6.07, 6.45) is 1.51. The number of nitrogens with one attached hydrogen (secondary N) is 1. The number of hydrogen-bond donors (Lipinski definition) is 2. The molecule has 7 heteroatoms. The molecule has 4 rings (SSSR count). The molecule has 0 bridgehead atoms. The molecule has 2 atom stereocenters. The zero-order valence-corrected chi connectivity index (χ0v) is 18.4. The maximum Gasteiger partial charge on any atom is 0.253 e. The van der Waals surface area contributed by atoms with Crippen LogP contribution in [-0.4, -0.2) is 71.7 Å². The van der Waals surface area contributed by atoms with Gasteiger partial charge in [0.15, 0.2) is 0 Å². The van der Waals surface area contributed by atoms with Gasteiger partial charge in [0.1, 0.15) is 5.75 Å². The number of nitrogens with zero attached hydrogens (tertiary/aromatic N) is 2. The van der Waals surface area contributed by atoms with Crippen molar-refractivity contribution in [1.29, 1.82) is 0 Å². The highest BCUT2D eigenvalue weighted by Gasteiger charge is 2.41. The summed E-state index contributed by atoms with van der Waals surface area (Å²) in [5.41, 5.74) is 1.67. The summed E-state index contributed by atoms with van der Waals surface area (Å²) in [6, 6.07) is 16.9. The van der Waals surface area contributed by atoms with Crippen molar-refractivity contribution in [3.05, 3.63) is 65.7 Å². The van der Waals surface area contributed by atoms with Crippen molar-refractivity contribution in [2.75, 3.05) is 26.7 Å². The maximum absolute atomic E-state index is 12.9. The molecule has 2 aliphatic rings. The molecule has 2 fully saturated rings. The van der Waals surface area contributed by atoms with Crippen molar-refractivity contribution in [3.8, 4) is 5.75 Å². The van der Waals surface area contributed by atoms with Gasteiger partial charge in [0.25, 0.3) is 5.91 Å². The smallest absolute Gasteiger partial charge is 0.253 e. The van der Waals surface area contributed by atoms with Crippen LogP contribution in [0.1, 0.15) is 35.2 Å². The van der Waals surface area contributed by atoms with Crippen LogP contribution in [0.2, 0.25) is 0 Å². The van der Waals surface area contributed by atoms with E-state index < -0.39 is 6.10 Å². The number of piperidine rings is 1. The Labute approximate surface area is 189 Å². The lowest BCUT2D eigenvalue weighted by Crippen LogP contribution is -2.52. The number of β-amino-alcohol motifs (C(OH)–C–C–N with tert-alkyl or cyclic N) is 1. The highest BCUT2D eigenvalue weighted by Crippen LogP contribution is 2.27. The first-order valence-electron chi connectivity index (χ1n) is 11.2. The lowest BCUT2D eigenvalue weighted by molar-refractivity contribution is -0.126. The third-order valence-corrected chi connectivity index (χ3v) is 6.47. The van der Waals surface area contributed by atoms with E-state index in [1.807, 2.05) is 47.4 Å². The zero-order valence-electron chi connectivity index (χ0n) is 18.4. The standard InChI is InChI=1S/C25H31N3O4/c1-32-22-9-5-8-19(14-22)25(31)27-12-10-20(11-13-27)28-17-21(29)15-23(28)24(30)26-16-18-6-3-2-4-7-18/h2-9,14,20-21,23,29H,10-13,15-17H2,1H3,(H,26,30)/t21-,23+/m1/s1. The monoisotopic (exact) mass is 437 g/mol. The Kier molecular flexibility index (Phi) is 7.07. The molecular weight excluding hydrogens is 406 g/mol. The second kappa shape index (κ2) is 10.1. The van der Waals surface area contributed by atoms with Gasteiger partial charge in [-0.3, -0.25) is 14.5 Å². The van der Waals surface area contributed by atoms with Crippen molar-refractivity contribution in [2.24, 2.45) is 0 Å². The Morgan fingerprint density at radius 3 is 2.56 bits per heavy atom. The fraction of sp³-hybridized carbons (Fsp3) is 0.440. The number of aliphatic hydroxyl groups is 1. The predicted molar refractivity (Wildman–Crippen MR) is 121 cm³/mol. The Morgan fingerprint density at radius 2 is 1.84 bits per heavy atom. The van der Waals surface area contributed by atoms with Crippen LogP contribution in [0.4, 0.5) is 0 Å². The van der Waals surface area contributed by atoms with E-state index in [-0.39, 0.29) is 23.9 Å². The third-order valence-electron chi connectivity index (χ3n) is 6.47. The highest BCUT2D eigenvalue weighted by molar-refractivity contribution is 5.94. The molecule has 0 saturated carbocycles. The number of ether oxygens (including phenoxy) is 1. The van der Waals surface area contributed by atoms with Crippen LogP contribution in [0.15, 0.2) is 54.6 Å². The predicted octanol–water partition coefficient (Wildman–Crippen LogP) is 2.05. The third kappa shape index (κ3) is 5.11. The van der Waals surface area contributed by atoms with Crippen molar-refractivity contribution in [3.63, 3.8) is 0 Å². The van der Waals surface area contributed by atoms with E-state index in [4.69, 9.17) is 4.74 Å². The number of carbonyl (C=O) groups is 2. The van der Waals surface area contributed by atoms with E-state index in [0.29, 0.717) is 43.9 Å². The first-order chi connectivity index (χ1) is 15.5. The summed E-state index contributed by atoms with van der Waals surface area (Å²) >= 11 is 0. The van der Waals surface area contributed by atoms with E-state index in [0.717, 1.165) is 18.4 Å². The van der Waals surface area contributed by atoms with Crippen molar-refractivity contribution in [1.82, 2.24) is 15.1 Å². The lowest BCUT2D eigenvalue weighted by Gasteiger charge is -2.39. The fourth-order valence-electron chi connectivity index (χ4n) is 4.74. The van der Waals surface area contributed by atoms with E-state index >= 15 is 0 Å². The Morgan fingerprint density at radius 1 is 1.09 bits per heavy atom. The van der Waals surface area contributed by atoms with E-state index in [2.05, 4.69) is 10.2 Å². The number of benzene rings is 2. The van der Waals surface area contributed by atoms with Gasteiger partial charge < -0.3 is 20.1 Å². The van der Waals surface area contributed by atoms with Gasteiger partial charge in [0.2, 0.25) is 5.91 Å². The van der Waals surface area contributed by atoms with E-state index in [1.54, 1.807) is 19.2 Å². The molecule has 0 aliphatic carbocycles. The summed E-state index contributed by atoms with van der Waals surface area (Å²) in [7, 11) is 1.59. The van der Waals surface area contributed by atoms with Crippen LogP contribution < -0.4 is 10.1 Å². The SMILES string of the molecule is COc1cccc(C(=O)N2CCC(N3C[C@H](O)C[C@H]3C(=O)NCc3ccccc3)CC2)c1. The van der Waals surface area contributed by atoms with Crippen LogP contribution in [0, 0.1) is 0 Å². The molecule has 0 aromatic heterocycles. The Bertz CT molecular complexity index is 928. The van der Waals surface area contributed by atoms with Gasteiger partial charge in [-0.1, -0.05) is 36.4 Å². The fourth-order valence-corrected chi connectivity index (χ4v) is 4.74. The quantitative estimate of drug-likeness (QED) is 0.723. The lowest BCUT2D eigenvalue weighted by atomic mass is 10.0. The minimum Gasteiger partial charge on any atom is -0.497 e. The summed E-state index contributed by atoms with van der Waals surface area (Å²) < 4.78 is 5.23. The van der Waals surface area contributed by atoms with Crippen LogP contribution in [0.3, 0.4) is 0 Å². The van der Waals surface area contributed by atoms with Crippen LogP contribution in [0.5, 0.6) is 5.75 Å². The number of rotatable bonds is 6. The van der Waals surface area contributed by atoms with Crippen molar-refractivity contribution < 1.29 is 19.4 Å². The van der Waals surface area contributed by atoms with Gasteiger partial charge in [-0.15, -0.1) is 0 Å². The molecule has 2 aromatic carbocycles. The Hall–Kier alpha value is -2.90. The normalized spacial score (nSPS) is 22.0. The topological polar surface area (TPSA) is 82.1 Å². The van der Waals surface area contributed by atoms with Gasteiger partial charge in [0.05, 0.1) is 19.3 Å². The maximum atomic E-state index is 12.9. The van der Waals surface area contributed by atoms with E-state index in [1.165, 1.54) is 0 Å². The molecule has 7 nitrogen and oxygen atoms in total. The minimum absolute atomic E-state index is 0.000890. The molecule has 32 heavy (non-hydrogen) atoms. The van der Waals surface area contributed by atoms with Crippen molar-refractivity contribution in [2.45, 2.75) is 44.0 Å². The number of carbonyl (C=O) groups excluding carboxylic acids is 2. The average Bonchev–Trinajstić information content (AvgIpc) is 3.24. The molecule has 2 saturated heterocycles. The average molecular weight is 438 g/mol. The van der Waals surface area contributed by atoms with Gasteiger partial charge in [-0.05, 0) is 43.0 Å². The number of amides is 2. The molecular formula is C25H31N3O4. The molecule has 170 valence electrons. The van der Waals surface area contributed by atoms with Gasteiger partial charge in [0, 0.05) is 37.8 Å². The molecule has 2 heterocycles. The van der Waals surface area contributed by atoms with Crippen LogP contribution in [-0.2, 0) is 11.3 Å². The molecule has 0 unspecified atom stereocenters. The largest absolute Gasteiger partial charge is 0.497 e. The first-order valence-corrected chi connectivity index (χ1v) is 11.2. The van der Waals surface area contributed by atoms with Crippen LogP contribution >= 0.6 is 0 Å². The number of hydrogen-bond acceptors (Lipinski definition) is 5. The molecule has 2 aliphatic heterocycles. The van der Waals surface area contributed by atoms with Crippen molar-refractivity contribution >= 4 is 11.8 Å². The molecule has 2 amide bonds. The first kappa shape index (κ1) is 22.3. The second-order valence-electron chi connectivity index (χ2n) is 8.56. The number of aliphatic hydroxyl groups excluding tert-OH is 1. The summed E-state index contributed by atoms with van der Waals surface area (Å²) in [5.74, 6) is 0.627. The summed E-state index contributed by atoms with van der Waals surface area (Å²) in [5, 5.41) is 13.3. The van der Waals surface area contributed by atoms with E-state index in [9.17, 15) is 14.7 Å². The molecule has 2 aromatic rings. The zero-order chi connectivity index (χ0) is 22.5. The minimum atomic E-state index is -0.501. The van der Waals surface area contributed by atoms with Gasteiger partial charge >= 0.3 is 0 Å². The summed E-state index contributed by atoms with van der Waals surface area (Å²) in [6.45, 7) is 2.24. The second-order valence-corrected chi connectivity index (χ2v) is 8.56. The van der Waals surface area contributed by atoms with Gasteiger partial charge in [-0.2, -0.15) is 0 Å². The summed E-state index contributed by atoms with van der Waals surface area (Å²) in [4.78, 5) is 29.8. The van der Waals surface area contributed by atoms with Gasteiger partial charge in [-0.25, -0.2) is 0 Å². The molecule has 2 N–H and O–H groups in total. The molecule has 0 radical (unpaired) electrons. The number of methoxy groups -OCH3 is 1. The Balaban J connectivity index is 1.34.